The van der Waals surface area contributed by atoms with E-state index in [1.807, 2.05) is 6.92 Å². The van der Waals surface area contributed by atoms with Gasteiger partial charge < -0.3 is 9.47 Å². The van der Waals surface area contributed by atoms with Gasteiger partial charge in [0, 0.05) is 18.9 Å². The van der Waals surface area contributed by atoms with Gasteiger partial charge in [-0.15, -0.1) is 0 Å². The standard InChI is InChI=1S/C19H31NO2/c1-7-10-17(20-15(4)8-2)19(18(9-3)22-6)13-11-16(21-5)12-14-19/h7,10,15-16H,3,8,11-14H2,1-2,4-6H3/b10-7-,20-17?. The monoisotopic (exact) mass is 305 g/mol. The van der Waals surface area contributed by atoms with Gasteiger partial charge in [0.1, 0.15) is 5.76 Å². The lowest BCUT2D eigenvalue weighted by molar-refractivity contribution is 0.0412. The molecule has 3 nitrogen and oxygen atoms in total. The van der Waals surface area contributed by atoms with Gasteiger partial charge in [0.15, 0.2) is 0 Å². The molecule has 0 heterocycles. The van der Waals surface area contributed by atoms with Crippen LogP contribution in [0.25, 0.3) is 0 Å². The van der Waals surface area contributed by atoms with Crippen LogP contribution in [-0.4, -0.2) is 32.1 Å². The summed E-state index contributed by atoms with van der Waals surface area (Å²) in [6.45, 7) is 10.2. The van der Waals surface area contributed by atoms with E-state index in [9.17, 15) is 0 Å². The molecule has 1 atom stereocenters. The molecule has 0 N–H and O–H groups in total. The average molecular weight is 305 g/mol. The highest BCUT2D eigenvalue weighted by Gasteiger charge is 2.43. The molecule has 0 aromatic carbocycles. The van der Waals surface area contributed by atoms with Crippen molar-refractivity contribution in [1.29, 1.82) is 0 Å². The van der Waals surface area contributed by atoms with Crippen LogP contribution in [0.3, 0.4) is 0 Å². The summed E-state index contributed by atoms with van der Waals surface area (Å²) in [4.78, 5) is 4.97. The molecule has 1 rings (SSSR count). The molecule has 0 bridgehead atoms. The van der Waals surface area contributed by atoms with Gasteiger partial charge in [0.25, 0.3) is 0 Å². The smallest absolute Gasteiger partial charge is 0.149 e. The molecule has 0 radical (unpaired) electrons. The van der Waals surface area contributed by atoms with Crippen LogP contribution >= 0.6 is 0 Å². The van der Waals surface area contributed by atoms with Gasteiger partial charge in [0.2, 0.25) is 0 Å². The molecular formula is C19H31NO2. The van der Waals surface area contributed by atoms with Crippen LogP contribution in [0, 0.1) is 5.41 Å². The Bertz CT molecular complexity index is 450. The van der Waals surface area contributed by atoms with Crippen LogP contribution in [0.5, 0.6) is 0 Å². The van der Waals surface area contributed by atoms with Crippen molar-refractivity contribution >= 4 is 5.71 Å². The lowest BCUT2D eigenvalue weighted by atomic mass is 9.68. The molecule has 1 aliphatic carbocycles. The minimum atomic E-state index is -0.221. The number of rotatable bonds is 7. The highest BCUT2D eigenvalue weighted by molar-refractivity contribution is 6.01. The maximum absolute atomic E-state index is 5.64. The quantitative estimate of drug-likeness (QED) is 0.388. The Balaban J connectivity index is 3.29. The maximum Gasteiger partial charge on any atom is 0.149 e. The van der Waals surface area contributed by atoms with E-state index in [0.717, 1.165) is 43.6 Å². The molecule has 0 aliphatic heterocycles. The summed E-state index contributed by atoms with van der Waals surface area (Å²) in [6, 6.07) is 0.297. The third-order valence-corrected chi connectivity index (χ3v) is 4.68. The predicted octanol–water partition coefficient (Wildman–Crippen LogP) is 4.69. The van der Waals surface area contributed by atoms with E-state index < -0.39 is 0 Å². The second-order valence-corrected chi connectivity index (χ2v) is 6.00. The zero-order valence-electron chi connectivity index (χ0n) is 14.8. The second-order valence-electron chi connectivity index (χ2n) is 6.00. The van der Waals surface area contributed by atoms with Crippen molar-refractivity contribution in [2.45, 2.75) is 65.0 Å². The Morgan fingerprint density at radius 2 is 2.05 bits per heavy atom. The fourth-order valence-corrected chi connectivity index (χ4v) is 3.17. The number of nitrogens with zero attached hydrogens (tertiary/aromatic N) is 1. The summed E-state index contributed by atoms with van der Waals surface area (Å²) in [5, 5.41) is 0. The van der Waals surface area contributed by atoms with Crippen molar-refractivity contribution in [2.75, 3.05) is 14.2 Å². The van der Waals surface area contributed by atoms with E-state index in [4.69, 9.17) is 14.5 Å². The highest BCUT2D eigenvalue weighted by Crippen LogP contribution is 2.45. The zero-order valence-corrected chi connectivity index (χ0v) is 14.8. The number of hydrogen-bond acceptors (Lipinski definition) is 3. The first kappa shape index (κ1) is 18.7. The lowest BCUT2D eigenvalue weighted by Crippen LogP contribution is -2.39. The van der Waals surface area contributed by atoms with Crippen LogP contribution in [0.2, 0.25) is 0 Å². The first-order valence-corrected chi connectivity index (χ1v) is 8.26. The summed E-state index contributed by atoms with van der Waals surface area (Å²) in [6.07, 6.45) is 9.44. The maximum atomic E-state index is 5.64. The normalized spacial score (nSPS) is 27.5. The summed E-state index contributed by atoms with van der Waals surface area (Å²) < 4.78 is 11.2. The molecule has 0 spiro atoms. The first-order chi connectivity index (χ1) is 10.6. The van der Waals surface area contributed by atoms with Gasteiger partial charge in [-0.3, -0.25) is 4.99 Å². The van der Waals surface area contributed by atoms with Crippen molar-refractivity contribution < 1.29 is 9.47 Å². The SMILES string of the molecule is C=C=C(OC)C1(C(/C=C\C)=NC(C)CC)CCC(OC)CC1. The van der Waals surface area contributed by atoms with E-state index in [-0.39, 0.29) is 5.41 Å². The molecular weight excluding hydrogens is 274 g/mol. The van der Waals surface area contributed by atoms with Crippen LogP contribution in [0.15, 0.2) is 35.2 Å². The van der Waals surface area contributed by atoms with Crippen LogP contribution in [-0.2, 0) is 9.47 Å². The summed E-state index contributed by atoms with van der Waals surface area (Å²) in [5.74, 6) is 0.808. The molecule has 1 fully saturated rings. The molecule has 1 unspecified atom stereocenters. The lowest BCUT2D eigenvalue weighted by Gasteiger charge is -2.40. The van der Waals surface area contributed by atoms with E-state index in [1.165, 1.54) is 0 Å². The molecule has 0 aromatic rings. The van der Waals surface area contributed by atoms with Gasteiger partial charge in [-0.2, -0.15) is 0 Å². The second kappa shape index (κ2) is 8.97. The Morgan fingerprint density at radius 1 is 1.41 bits per heavy atom. The Hall–Kier alpha value is -1.31. The zero-order chi connectivity index (χ0) is 16.6. The third kappa shape index (κ3) is 4.12. The molecule has 22 heavy (non-hydrogen) atoms. The molecule has 0 amide bonds. The number of aliphatic imine (C=N–C) groups is 1. The first-order valence-electron chi connectivity index (χ1n) is 8.26. The van der Waals surface area contributed by atoms with Crippen molar-refractivity contribution in [3.8, 4) is 0 Å². The fraction of sp³-hybridized carbons (Fsp3) is 0.684. The minimum Gasteiger partial charge on any atom is -0.492 e. The Morgan fingerprint density at radius 3 is 2.45 bits per heavy atom. The van der Waals surface area contributed by atoms with Crippen molar-refractivity contribution in [3.63, 3.8) is 0 Å². The molecule has 1 aliphatic rings. The van der Waals surface area contributed by atoms with E-state index >= 15 is 0 Å². The Kier molecular flexibility index (Phi) is 7.64. The average Bonchev–Trinajstić information content (AvgIpc) is 2.55. The van der Waals surface area contributed by atoms with Crippen molar-refractivity contribution in [2.24, 2.45) is 10.4 Å². The van der Waals surface area contributed by atoms with Crippen LogP contribution < -0.4 is 0 Å². The predicted molar refractivity (Wildman–Crippen MR) is 93.4 cm³/mol. The summed E-state index contributed by atoms with van der Waals surface area (Å²) in [5.41, 5.74) is 3.88. The molecule has 124 valence electrons. The third-order valence-electron chi connectivity index (χ3n) is 4.68. The number of allylic oxidation sites excluding steroid dienone is 3. The highest BCUT2D eigenvalue weighted by atomic mass is 16.5. The van der Waals surface area contributed by atoms with Gasteiger partial charge in [-0.25, -0.2) is 0 Å². The topological polar surface area (TPSA) is 30.8 Å². The van der Waals surface area contributed by atoms with Crippen LogP contribution in [0.4, 0.5) is 0 Å². The van der Waals surface area contributed by atoms with Crippen LogP contribution in [0.1, 0.15) is 52.9 Å². The number of hydrogen-bond donors (Lipinski definition) is 0. The van der Waals surface area contributed by atoms with E-state index in [0.29, 0.717) is 12.1 Å². The van der Waals surface area contributed by atoms with Gasteiger partial charge >= 0.3 is 0 Å². The van der Waals surface area contributed by atoms with E-state index in [2.05, 4.69) is 38.3 Å². The molecule has 3 heteroatoms. The number of ether oxygens (including phenoxy) is 2. The minimum absolute atomic E-state index is 0.221. The summed E-state index contributed by atoms with van der Waals surface area (Å²) >= 11 is 0. The van der Waals surface area contributed by atoms with Crippen molar-refractivity contribution in [1.82, 2.24) is 0 Å². The molecule has 0 aromatic heterocycles. The summed E-state index contributed by atoms with van der Waals surface area (Å²) in [7, 11) is 3.49. The molecule has 1 saturated carbocycles. The molecule has 0 saturated heterocycles. The fourth-order valence-electron chi connectivity index (χ4n) is 3.17. The Labute approximate surface area is 135 Å². The largest absolute Gasteiger partial charge is 0.492 e. The van der Waals surface area contributed by atoms with Gasteiger partial charge in [-0.1, -0.05) is 25.3 Å². The van der Waals surface area contributed by atoms with Gasteiger partial charge in [0.05, 0.1) is 18.6 Å². The number of methoxy groups -OCH3 is 2. The van der Waals surface area contributed by atoms with Crippen molar-refractivity contribution in [3.05, 3.63) is 30.2 Å². The van der Waals surface area contributed by atoms with E-state index in [1.54, 1.807) is 14.2 Å². The van der Waals surface area contributed by atoms with Gasteiger partial charge in [-0.05, 0) is 52.0 Å².